The second kappa shape index (κ2) is 3.59. The fourth-order valence-electron chi connectivity index (χ4n) is 1.88. The van der Waals surface area contributed by atoms with E-state index < -0.39 is 0 Å². The first-order valence-electron chi connectivity index (χ1n) is 5.38. The maximum Gasteiger partial charge on any atom is 0.124 e. The second-order valence-electron chi connectivity index (χ2n) is 4.05. The van der Waals surface area contributed by atoms with Crippen LogP contribution in [0.1, 0.15) is 0 Å². The average Bonchev–Trinajstić information content (AvgIpc) is 2.75. The Balaban J connectivity index is 2.18. The number of pyridine rings is 1. The Hall–Kier alpha value is -2.36. The molecule has 1 aromatic carbocycles. The van der Waals surface area contributed by atoms with Crippen molar-refractivity contribution in [1.82, 2.24) is 14.8 Å². The minimum Gasteiger partial charge on any atom is -0.384 e. The molecule has 4 heteroatoms. The highest BCUT2D eigenvalue weighted by atomic mass is 15.2. The van der Waals surface area contributed by atoms with Gasteiger partial charge in [0.15, 0.2) is 0 Å². The number of nitrogens with zero attached hydrogens (tertiary/aromatic N) is 3. The van der Waals surface area contributed by atoms with Gasteiger partial charge in [-0.3, -0.25) is 4.68 Å². The number of benzene rings is 1. The summed E-state index contributed by atoms with van der Waals surface area (Å²) in [6, 6.07) is 9.93. The molecule has 4 nitrogen and oxygen atoms in total. The van der Waals surface area contributed by atoms with E-state index in [0.29, 0.717) is 5.82 Å². The van der Waals surface area contributed by atoms with Crippen LogP contribution in [0.25, 0.3) is 22.0 Å². The van der Waals surface area contributed by atoms with Crippen LogP contribution >= 0.6 is 0 Å². The van der Waals surface area contributed by atoms with E-state index in [1.54, 1.807) is 4.68 Å². The summed E-state index contributed by atoms with van der Waals surface area (Å²) in [5, 5.41) is 5.25. The first kappa shape index (κ1) is 9.84. The molecule has 0 saturated carbocycles. The molecule has 3 aromatic rings. The highest BCUT2D eigenvalue weighted by molar-refractivity contribution is 5.85. The molecule has 2 heterocycles. The number of nitrogens with two attached hydrogens (primary N) is 1. The first-order valence-corrected chi connectivity index (χ1v) is 5.38. The van der Waals surface area contributed by atoms with Crippen LogP contribution in [0.15, 0.2) is 42.7 Å². The van der Waals surface area contributed by atoms with Crippen molar-refractivity contribution in [3.05, 3.63) is 42.7 Å². The van der Waals surface area contributed by atoms with Gasteiger partial charge in [-0.25, -0.2) is 4.98 Å². The zero-order valence-electron chi connectivity index (χ0n) is 9.46. The summed E-state index contributed by atoms with van der Waals surface area (Å²) in [5.41, 5.74) is 8.78. The number of fused-ring (bicyclic) bond motifs is 1. The molecule has 0 unspecified atom stereocenters. The summed E-state index contributed by atoms with van der Waals surface area (Å²) >= 11 is 0. The van der Waals surface area contributed by atoms with Gasteiger partial charge < -0.3 is 5.73 Å². The summed E-state index contributed by atoms with van der Waals surface area (Å²) in [6.45, 7) is 0. The summed E-state index contributed by atoms with van der Waals surface area (Å²) in [7, 11) is 1.90. The van der Waals surface area contributed by atoms with Gasteiger partial charge in [0.25, 0.3) is 0 Å². The van der Waals surface area contributed by atoms with Gasteiger partial charge in [-0.05, 0) is 23.8 Å². The van der Waals surface area contributed by atoms with Crippen molar-refractivity contribution in [2.75, 3.05) is 5.73 Å². The minimum absolute atomic E-state index is 0.542. The van der Waals surface area contributed by atoms with Gasteiger partial charge in [0.05, 0.1) is 11.7 Å². The lowest BCUT2D eigenvalue weighted by molar-refractivity contribution is 0.768. The molecule has 0 saturated heterocycles. The van der Waals surface area contributed by atoms with Crippen molar-refractivity contribution in [3.8, 4) is 11.1 Å². The third-order valence-corrected chi connectivity index (χ3v) is 2.75. The topological polar surface area (TPSA) is 56.7 Å². The lowest BCUT2D eigenvalue weighted by atomic mass is 10.1. The van der Waals surface area contributed by atoms with E-state index in [9.17, 15) is 0 Å². The highest BCUT2D eigenvalue weighted by Crippen LogP contribution is 2.23. The van der Waals surface area contributed by atoms with Crippen LogP contribution < -0.4 is 5.73 Å². The summed E-state index contributed by atoms with van der Waals surface area (Å²) in [6.07, 6.45) is 3.82. The Morgan fingerprint density at radius 2 is 1.94 bits per heavy atom. The molecule has 2 N–H and O–H groups in total. The molecule has 0 aliphatic carbocycles. The van der Waals surface area contributed by atoms with Crippen molar-refractivity contribution in [2.24, 2.45) is 7.05 Å². The third kappa shape index (κ3) is 1.73. The van der Waals surface area contributed by atoms with Crippen LogP contribution in [0.5, 0.6) is 0 Å². The lowest BCUT2D eigenvalue weighted by Crippen LogP contribution is -1.89. The predicted molar refractivity (Wildman–Crippen MR) is 68.4 cm³/mol. The van der Waals surface area contributed by atoms with Gasteiger partial charge in [-0.2, -0.15) is 5.10 Å². The van der Waals surface area contributed by atoms with E-state index in [0.717, 1.165) is 22.0 Å². The third-order valence-electron chi connectivity index (χ3n) is 2.75. The molecule has 0 radical (unpaired) electrons. The van der Waals surface area contributed by atoms with Crippen molar-refractivity contribution in [1.29, 1.82) is 0 Å². The Labute approximate surface area is 98.7 Å². The largest absolute Gasteiger partial charge is 0.384 e. The Morgan fingerprint density at radius 1 is 1.12 bits per heavy atom. The van der Waals surface area contributed by atoms with Gasteiger partial charge in [0.1, 0.15) is 5.82 Å². The van der Waals surface area contributed by atoms with Crippen LogP contribution in [0, 0.1) is 0 Å². The molecule has 17 heavy (non-hydrogen) atoms. The number of nitrogen functional groups attached to an aromatic ring is 1. The molecule has 0 spiro atoms. The molecule has 0 aliphatic rings. The summed E-state index contributed by atoms with van der Waals surface area (Å²) in [4.78, 5) is 4.32. The Bertz CT molecular complexity index is 685. The molecule has 0 fully saturated rings. The summed E-state index contributed by atoms with van der Waals surface area (Å²) in [5.74, 6) is 0.542. The van der Waals surface area contributed by atoms with Gasteiger partial charge in [0.2, 0.25) is 0 Å². The molecule has 84 valence electrons. The zero-order chi connectivity index (χ0) is 11.8. The van der Waals surface area contributed by atoms with Gasteiger partial charge in [-0.15, -0.1) is 0 Å². The van der Waals surface area contributed by atoms with Crippen molar-refractivity contribution in [3.63, 3.8) is 0 Å². The van der Waals surface area contributed by atoms with Crippen LogP contribution in [0.3, 0.4) is 0 Å². The van der Waals surface area contributed by atoms with Crippen LogP contribution in [-0.4, -0.2) is 14.8 Å². The van der Waals surface area contributed by atoms with E-state index >= 15 is 0 Å². The molecule has 0 bridgehead atoms. The van der Waals surface area contributed by atoms with Crippen molar-refractivity contribution in [2.45, 2.75) is 0 Å². The number of anilines is 1. The minimum atomic E-state index is 0.542. The quantitative estimate of drug-likeness (QED) is 0.689. The van der Waals surface area contributed by atoms with Crippen LogP contribution in [0.2, 0.25) is 0 Å². The SMILES string of the molecule is Cn1cc(-c2ccc3ccc(N)nc3c2)cn1. The zero-order valence-corrected chi connectivity index (χ0v) is 9.46. The first-order chi connectivity index (χ1) is 8.22. The number of aromatic nitrogens is 3. The van der Waals surface area contributed by atoms with Crippen molar-refractivity contribution >= 4 is 16.7 Å². The lowest BCUT2D eigenvalue weighted by Gasteiger charge is -2.01. The van der Waals surface area contributed by atoms with E-state index in [2.05, 4.69) is 16.1 Å². The van der Waals surface area contributed by atoms with Crippen LogP contribution in [0.4, 0.5) is 5.82 Å². The van der Waals surface area contributed by atoms with E-state index in [-0.39, 0.29) is 0 Å². The average molecular weight is 224 g/mol. The Morgan fingerprint density at radius 3 is 2.71 bits per heavy atom. The molecule has 0 atom stereocenters. The highest BCUT2D eigenvalue weighted by Gasteiger charge is 2.02. The number of hydrogen-bond acceptors (Lipinski definition) is 3. The summed E-state index contributed by atoms with van der Waals surface area (Å²) < 4.78 is 1.78. The molecular formula is C13H12N4. The number of hydrogen-bond donors (Lipinski definition) is 1. The molecule has 0 aliphatic heterocycles. The van der Waals surface area contributed by atoms with E-state index in [4.69, 9.17) is 5.73 Å². The number of rotatable bonds is 1. The normalized spacial score (nSPS) is 10.9. The standard InChI is InChI=1S/C13H12N4/c1-17-8-11(7-15-17)10-3-2-9-4-5-13(14)16-12(9)6-10/h2-8H,1H3,(H2,14,16). The molecule has 0 amide bonds. The van der Waals surface area contributed by atoms with Crippen LogP contribution in [-0.2, 0) is 7.05 Å². The molecular weight excluding hydrogens is 212 g/mol. The Kier molecular flexibility index (Phi) is 2.08. The molecule has 2 aromatic heterocycles. The monoisotopic (exact) mass is 224 g/mol. The van der Waals surface area contributed by atoms with Gasteiger partial charge in [-0.1, -0.05) is 12.1 Å². The van der Waals surface area contributed by atoms with Gasteiger partial charge >= 0.3 is 0 Å². The smallest absolute Gasteiger partial charge is 0.124 e. The van der Waals surface area contributed by atoms with Gasteiger partial charge in [0, 0.05) is 24.2 Å². The predicted octanol–water partition coefficient (Wildman–Crippen LogP) is 2.22. The fourth-order valence-corrected chi connectivity index (χ4v) is 1.88. The second-order valence-corrected chi connectivity index (χ2v) is 4.05. The van der Waals surface area contributed by atoms with E-state index in [1.807, 2.05) is 43.7 Å². The molecule has 3 rings (SSSR count). The fraction of sp³-hybridized carbons (Fsp3) is 0.0769. The van der Waals surface area contributed by atoms with Crippen molar-refractivity contribution < 1.29 is 0 Å². The number of aryl methyl sites for hydroxylation is 1. The maximum atomic E-state index is 5.69. The van der Waals surface area contributed by atoms with E-state index in [1.165, 1.54) is 0 Å². The maximum absolute atomic E-state index is 5.69.